The van der Waals surface area contributed by atoms with E-state index in [0.717, 1.165) is 37.6 Å². The highest BCUT2D eigenvalue weighted by atomic mass is 32.1. The van der Waals surface area contributed by atoms with Crippen LogP contribution in [0.3, 0.4) is 0 Å². The zero-order chi connectivity index (χ0) is 13.7. The number of thiol groups is 1. The van der Waals surface area contributed by atoms with Crippen molar-refractivity contribution in [2.75, 3.05) is 18.8 Å². The number of carbonyl (C=O) groups excluding carboxylic acids is 1. The Morgan fingerprint density at radius 3 is 2.63 bits per heavy atom. The van der Waals surface area contributed by atoms with E-state index in [2.05, 4.69) is 24.5 Å². The summed E-state index contributed by atoms with van der Waals surface area (Å²) in [6, 6.07) is 0. The minimum Gasteiger partial charge on any atom is -0.342 e. The summed E-state index contributed by atoms with van der Waals surface area (Å²) >= 11 is 4.60. The van der Waals surface area contributed by atoms with Crippen LogP contribution in [0.4, 0.5) is 0 Å². The van der Waals surface area contributed by atoms with Crippen molar-refractivity contribution in [1.29, 1.82) is 0 Å². The molecule has 1 unspecified atom stereocenters. The molecule has 0 radical (unpaired) electrons. The van der Waals surface area contributed by atoms with Crippen LogP contribution in [-0.2, 0) is 4.79 Å². The average molecular weight is 283 g/mol. The lowest BCUT2D eigenvalue weighted by molar-refractivity contribution is -0.132. The van der Waals surface area contributed by atoms with Crippen LogP contribution < -0.4 is 0 Å². The first-order valence-electron chi connectivity index (χ1n) is 8.08. The monoisotopic (exact) mass is 283 g/mol. The number of hydrogen-bond acceptors (Lipinski definition) is 2. The molecule has 2 nitrogen and oxygen atoms in total. The SMILES string of the molecule is CCC1CCC(=O)N(CC2(CS)CCCCC2)CC1. The summed E-state index contributed by atoms with van der Waals surface area (Å²) < 4.78 is 0. The first-order valence-corrected chi connectivity index (χ1v) is 8.71. The lowest BCUT2D eigenvalue weighted by Crippen LogP contribution is -2.43. The fraction of sp³-hybridized carbons (Fsp3) is 0.938. The van der Waals surface area contributed by atoms with E-state index in [1.54, 1.807) is 0 Å². The van der Waals surface area contributed by atoms with Gasteiger partial charge in [-0.3, -0.25) is 4.79 Å². The van der Waals surface area contributed by atoms with Crippen molar-refractivity contribution >= 4 is 18.5 Å². The van der Waals surface area contributed by atoms with E-state index in [1.165, 1.54) is 44.9 Å². The smallest absolute Gasteiger partial charge is 0.222 e. The third-order valence-electron chi connectivity index (χ3n) is 5.28. The summed E-state index contributed by atoms with van der Waals surface area (Å²) in [4.78, 5) is 14.5. The Morgan fingerprint density at radius 2 is 2.00 bits per heavy atom. The Hall–Kier alpha value is -0.180. The molecular weight excluding hydrogens is 254 g/mol. The second-order valence-electron chi connectivity index (χ2n) is 6.64. The first-order chi connectivity index (χ1) is 9.19. The van der Waals surface area contributed by atoms with Crippen LogP contribution in [0.1, 0.15) is 64.7 Å². The zero-order valence-electron chi connectivity index (χ0n) is 12.4. The molecule has 0 N–H and O–H groups in total. The van der Waals surface area contributed by atoms with E-state index >= 15 is 0 Å². The van der Waals surface area contributed by atoms with Crippen LogP contribution in [0.2, 0.25) is 0 Å². The highest BCUT2D eigenvalue weighted by Crippen LogP contribution is 2.38. The topological polar surface area (TPSA) is 20.3 Å². The van der Waals surface area contributed by atoms with Crippen LogP contribution in [-0.4, -0.2) is 29.6 Å². The Labute approximate surface area is 123 Å². The number of hydrogen-bond donors (Lipinski definition) is 1. The van der Waals surface area contributed by atoms with Gasteiger partial charge in [0.2, 0.25) is 5.91 Å². The number of likely N-dealkylation sites (tertiary alicyclic amines) is 1. The molecule has 0 bridgehead atoms. The van der Waals surface area contributed by atoms with E-state index in [1.807, 2.05) is 0 Å². The first kappa shape index (κ1) is 15.2. The van der Waals surface area contributed by atoms with Gasteiger partial charge in [-0.25, -0.2) is 0 Å². The highest BCUT2D eigenvalue weighted by Gasteiger charge is 2.34. The van der Waals surface area contributed by atoms with Crippen molar-refractivity contribution in [3.8, 4) is 0 Å². The molecule has 1 amide bonds. The van der Waals surface area contributed by atoms with Crippen molar-refractivity contribution in [2.24, 2.45) is 11.3 Å². The zero-order valence-corrected chi connectivity index (χ0v) is 13.3. The summed E-state index contributed by atoms with van der Waals surface area (Å²) in [7, 11) is 0. The second kappa shape index (κ2) is 7.01. The molecule has 1 atom stereocenters. The quantitative estimate of drug-likeness (QED) is 0.776. The van der Waals surface area contributed by atoms with Gasteiger partial charge in [0.25, 0.3) is 0 Å². The van der Waals surface area contributed by atoms with Gasteiger partial charge in [0.1, 0.15) is 0 Å². The summed E-state index contributed by atoms with van der Waals surface area (Å²) in [5, 5.41) is 0. The molecule has 19 heavy (non-hydrogen) atoms. The standard InChI is InChI=1S/C16H29NOS/c1-2-14-6-7-15(18)17(11-8-14)12-16(13-19)9-4-3-5-10-16/h14,19H,2-13H2,1H3. The van der Waals surface area contributed by atoms with E-state index in [0.29, 0.717) is 11.3 Å². The van der Waals surface area contributed by atoms with Crippen molar-refractivity contribution in [2.45, 2.75) is 64.7 Å². The van der Waals surface area contributed by atoms with E-state index in [9.17, 15) is 4.79 Å². The van der Waals surface area contributed by atoms with Crippen molar-refractivity contribution in [1.82, 2.24) is 4.90 Å². The van der Waals surface area contributed by atoms with Gasteiger partial charge in [-0.05, 0) is 42.8 Å². The van der Waals surface area contributed by atoms with Gasteiger partial charge in [0.15, 0.2) is 0 Å². The summed E-state index contributed by atoms with van der Waals surface area (Å²) in [5.74, 6) is 2.09. The number of amides is 1. The largest absolute Gasteiger partial charge is 0.342 e. The molecular formula is C16H29NOS. The van der Waals surface area contributed by atoms with Crippen LogP contribution >= 0.6 is 12.6 Å². The van der Waals surface area contributed by atoms with Crippen LogP contribution in [0.15, 0.2) is 0 Å². The number of rotatable bonds is 4. The highest BCUT2D eigenvalue weighted by molar-refractivity contribution is 7.80. The second-order valence-corrected chi connectivity index (χ2v) is 6.95. The molecule has 2 aliphatic rings. The molecule has 0 spiro atoms. The predicted octanol–water partition coefficient (Wildman–Crippen LogP) is 3.91. The van der Waals surface area contributed by atoms with Gasteiger partial charge >= 0.3 is 0 Å². The van der Waals surface area contributed by atoms with Gasteiger partial charge < -0.3 is 4.90 Å². The van der Waals surface area contributed by atoms with E-state index in [-0.39, 0.29) is 0 Å². The Bertz CT molecular complexity index is 299. The normalized spacial score (nSPS) is 28.2. The molecule has 0 aromatic carbocycles. The van der Waals surface area contributed by atoms with Gasteiger partial charge in [-0.2, -0.15) is 12.6 Å². The number of carbonyl (C=O) groups is 1. The van der Waals surface area contributed by atoms with Crippen LogP contribution in [0.25, 0.3) is 0 Å². The molecule has 0 aromatic rings. The maximum atomic E-state index is 12.3. The molecule has 1 heterocycles. The Balaban J connectivity index is 1.97. The van der Waals surface area contributed by atoms with Crippen molar-refractivity contribution in [3.05, 3.63) is 0 Å². The average Bonchev–Trinajstić information content (AvgIpc) is 2.63. The van der Waals surface area contributed by atoms with Crippen molar-refractivity contribution < 1.29 is 4.79 Å². The molecule has 3 heteroatoms. The van der Waals surface area contributed by atoms with Crippen molar-refractivity contribution in [3.63, 3.8) is 0 Å². The van der Waals surface area contributed by atoms with Crippen LogP contribution in [0.5, 0.6) is 0 Å². The fourth-order valence-corrected chi connectivity index (χ4v) is 4.16. The maximum Gasteiger partial charge on any atom is 0.222 e. The molecule has 110 valence electrons. The summed E-state index contributed by atoms with van der Waals surface area (Å²) in [6.07, 6.45) is 10.8. The van der Waals surface area contributed by atoms with Gasteiger partial charge in [-0.1, -0.05) is 32.6 Å². The summed E-state index contributed by atoms with van der Waals surface area (Å²) in [6.45, 7) is 4.19. The minimum absolute atomic E-state index is 0.309. The van der Waals surface area contributed by atoms with Gasteiger partial charge in [0.05, 0.1) is 0 Å². The molecule has 1 saturated heterocycles. The Morgan fingerprint density at radius 1 is 1.26 bits per heavy atom. The van der Waals surface area contributed by atoms with Gasteiger partial charge in [0, 0.05) is 19.5 Å². The lowest BCUT2D eigenvalue weighted by Gasteiger charge is -2.40. The van der Waals surface area contributed by atoms with E-state index in [4.69, 9.17) is 0 Å². The maximum absolute atomic E-state index is 12.3. The Kier molecular flexibility index (Phi) is 5.61. The third-order valence-corrected chi connectivity index (χ3v) is 5.95. The predicted molar refractivity (Wildman–Crippen MR) is 83.6 cm³/mol. The molecule has 2 rings (SSSR count). The van der Waals surface area contributed by atoms with E-state index < -0.39 is 0 Å². The number of nitrogens with zero attached hydrogens (tertiary/aromatic N) is 1. The molecule has 2 fully saturated rings. The fourth-order valence-electron chi connectivity index (χ4n) is 3.74. The lowest BCUT2D eigenvalue weighted by atomic mass is 9.75. The summed E-state index contributed by atoms with van der Waals surface area (Å²) in [5.41, 5.74) is 0.309. The van der Waals surface area contributed by atoms with Gasteiger partial charge in [-0.15, -0.1) is 0 Å². The molecule has 1 saturated carbocycles. The minimum atomic E-state index is 0.309. The molecule has 1 aliphatic heterocycles. The molecule has 1 aliphatic carbocycles. The van der Waals surface area contributed by atoms with Crippen LogP contribution in [0, 0.1) is 11.3 Å². The third kappa shape index (κ3) is 3.90. The molecule has 0 aromatic heterocycles.